The number of benzene rings is 6. The zero-order chi connectivity index (χ0) is 33.1. The average Bonchev–Trinajstić information content (AvgIpc) is 3.60. The minimum Gasteiger partial charge on any atom is -0.397 e. The van der Waals surface area contributed by atoms with Gasteiger partial charge in [0.2, 0.25) is 0 Å². The Balaban J connectivity index is 1.17. The van der Waals surface area contributed by atoms with E-state index >= 15 is 0 Å². The molecule has 3 N–H and O–H groups in total. The number of hydrogen-bond acceptors (Lipinski definition) is 3. The molecule has 236 valence electrons. The van der Waals surface area contributed by atoms with E-state index in [1.165, 1.54) is 55.6 Å². The monoisotopic (exact) mass is 648 g/mol. The van der Waals surface area contributed by atoms with Gasteiger partial charge in [-0.05, 0) is 98.3 Å². The minimum atomic E-state index is -0.358. The summed E-state index contributed by atoms with van der Waals surface area (Å²) in [5, 5.41) is 3.71. The Hall–Kier alpha value is -5.51. The van der Waals surface area contributed by atoms with Crippen molar-refractivity contribution >= 4 is 30.1 Å². The normalized spacial score (nSPS) is 16.7. The molecule has 1 unspecified atom stereocenters. The molecule has 0 saturated heterocycles. The highest BCUT2D eigenvalue weighted by atomic mass is 32.1. The Morgan fingerprint density at radius 3 is 1.92 bits per heavy atom. The zero-order valence-corrected chi connectivity index (χ0v) is 28.2. The quantitative estimate of drug-likeness (QED) is 0.128. The lowest BCUT2D eigenvalue weighted by molar-refractivity contribution is 0.778. The molecular formula is C46H36N2S. The Kier molecular flexibility index (Phi) is 7.00. The van der Waals surface area contributed by atoms with Gasteiger partial charge in [-0.25, -0.2) is 0 Å². The Morgan fingerprint density at radius 2 is 1.27 bits per heavy atom. The second kappa shape index (κ2) is 11.6. The number of thiol groups is 1. The van der Waals surface area contributed by atoms with Crippen molar-refractivity contribution in [3.8, 4) is 22.3 Å². The van der Waals surface area contributed by atoms with Crippen LogP contribution in [0.3, 0.4) is 0 Å². The number of hydrogen-bond donors (Lipinski definition) is 3. The molecule has 0 radical (unpaired) electrons. The topological polar surface area (TPSA) is 38.0 Å². The summed E-state index contributed by atoms with van der Waals surface area (Å²) in [6.07, 6.45) is 7.54. The molecule has 6 aromatic carbocycles. The largest absolute Gasteiger partial charge is 0.397 e. The predicted octanol–water partition coefficient (Wildman–Crippen LogP) is 11.3. The molecule has 2 nitrogen and oxygen atoms in total. The fourth-order valence-corrected chi connectivity index (χ4v) is 8.68. The van der Waals surface area contributed by atoms with Gasteiger partial charge in [0.15, 0.2) is 0 Å². The maximum atomic E-state index is 6.45. The number of fused-ring (bicyclic) bond motifs is 10. The standard InChI is InChI=1S/C46H36N2S/c1-29-12-2-3-13-30(29)28-44(48-43-21-11-10-20-42(43)47)37-26-31(23-25-45(37)49)32-22-24-36-35-16-6-9-19-40(35)46(41(36)27-32)38-17-7-4-14-33(38)34-15-5-8-18-39(34)46/h2-25,27-28,31,48-49H,26,47H2,1H3/b44-28-. The molecule has 0 heterocycles. The van der Waals surface area contributed by atoms with E-state index in [1.54, 1.807) is 0 Å². The molecule has 0 fully saturated rings. The van der Waals surface area contributed by atoms with E-state index < -0.39 is 0 Å². The first-order chi connectivity index (χ1) is 24.0. The second-order valence-corrected chi connectivity index (χ2v) is 13.8. The maximum absolute atomic E-state index is 6.45. The first-order valence-corrected chi connectivity index (χ1v) is 17.4. The van der Waals surface area contributed by atoms with E-state index in [-0.39, 0.29) is 11.3 Å². The summed E-state index contributed by atoms with van der Waals surface area (Å²) in [4.78, 5) is 0.960. The molecule has 0 amide bonds. The summed E-state index contributed by atoms with van der Waals surface area (Å²) in [6.45, 7) is 2.15. The van der Waals surface area contributed by atoms with Gasteiger partial charge in [-0.2, -0.15) is 0 Å². The van der Waals surface area contributed by atoms with E-state index in [1.807, 2.05) is 24.3 Å². The summed E-state index contributed by atoms with van der Waals surface area (Å²) in [5.74, 6) is 0.166. The first kappa shape index (κ1) is 29.6. The number of rotatable bonds is 5. The summed E-state index contributed by atoms with van der Waals surface area (Å²) >= 11 is 5.04. The van der Waals surface area contributed by atoms with Gasteiger partial charge in [0.25, 0.3) is 0 Å². The second-order valence-electron chi connectivity index (χ2n) is 13.4. The molecular weight excluding hydrogens is 613 g/mol. The molecule has 0 aliphatic heterocycles. The number of nitrogens with two attached hydrogens (primary N) is 1. The number of allylic oxidation sites excluding steroid dienone is 3. The molecule has 9 rings (SSSR count). The van der Waals surface area contributed by atoms with Gasteiger partial charge >= 0.3 is 0 Å². The van der Waals surface area contributed by atoms with Crippen molar-refractivity contribution in [1.82, 2.24) is 0 Å². The summed E-state index contributed by atoms with van der Waals surface area (Å²) < 4.78 is 0. The number of nitrogens with one attached hydrogen (secondary N) is 1. The van der Waals surface area contributed by atoms with Crippen LogP contribution in [0, 0.1) is 6.92 Å². The first-order valence-electron chi connectivity index (χ1n) is 17.0. The Labute approximate surface area is 293 Å². The van der Waals surface area contributed by atoms with Gasteiger partial charge < -0.3 is 11.1 Å². The van der Waals surface area contributed by atoms with E-state index in [9.17, 15) is 0 Å². The lowest BCUT2D eigenvalue weighted by Crippen LogP contribution is -2.26. The Morgan fingerprint density at radius 1 is 0.694 bits per heavy atom. The van der Waals surface area contributed by atoms with Crippen molar-refractivity contribution in [3.63, 3.8) is 0 Å². The van der Waals surface area contributed by atoms with Crippen LogP contribution in [0.25, 0.3) is 28.3 Å². The van der Waals surface area contributed by atoms with Crippen molar-refractivity contribution in [3.05, 3.63) is 207 Å². The van der Waals surface area contributed by atoms with E-state index in [2.05, 4.69) is 146 Å². The summed E-state index contributed by atoms with van der Waals surface area (Å²) in [5.41, 5.74) is 24.3. The number of anilines is 2. The van der Waals surface area contributed by atoms with Crippen LogP contribution in [0.2, 0.25) is 0 Å². The van der Waals surface area contributed by atoms with Gasteiger partial charge in [0, 0.05) is 16.5 Å². The lowest BCUT2D eigenvalue weighted by atomic mass is 9.70. The number of nitrogen functional groups attached to an aromatic ring is 1. The van der Waals surface area contributed by atoms with Crippen LogP contribution in [0.5, 0.6) is 0 Å². The van der Waals surface area contributed by atoms with Gasteiger partial charge in [-0.1, -0.05) is 140 Å². The van der Waals surface area contributed by atoms with Crippen molar-refractivity contribution in [2.45, 2.75) is 24.7 Å². The molecule has 1 spiro atoms. The maximum Gasteiger partial charge on any atom is 0.0725 e. The SMILES string of the molecule is Cc1ccccc1/C=C(\Nc1ccccc1N)C1=C(S)C=CC(c2ccc3c(c2)C2(c4ccccc4-c4ccccc42)c2ccccc2-3)C1. The highest BCUT2D eigenvalue weighted by molar-refractivity contribution is 7.84. The van der Waals surface area contributed by atoms with Crippen molar-refractivity contribution in [2.24, 2.45) is 0 Å². The molecule has 49 heavy (non-hydrogen) atoms. The minimum absolute atomic E-state index is 0.166. The van der Waals surface area contributed by atoms with Gasteiger partial charge in [-0.15, -0.1) is 12.6 Å². The Bertz CT molecular complexity index is 2330. The van der Waals surface area contributed by atoms with Gasteiger partial charge in [-0.3, -0.25) is 0 Å². The molecule has 3 aliphatic carbocycles. The van der Waals surface area contributed by atoms with Crippen LogP contribution in [0.4, 0.5) is 11.4 Å². The third-order valence-corrected chi connectivity index (χ3v) is 11.1. The molecule has 0 aromatic heterocycles. The van der Waals surface area contributed by atoms with Crippen molar-refractivity contribution < 1.29 is 0 Å². The smallest absolute Gasteiger partial charge is 0.0725 e. The predicted molar refractivity (Wildman–Crippen MR) is 209 cm³/mol. The fourth-order valence-electron chi connectivity index (χ4n) is 8.38. The van der Waals surface area contributed by atoms with Crippen LogP contribution in [0.15, 0.2) is 168 Å². The molecule has 0 saturated carbocycles. The third kappa shape index (κ3) is 4.57. The third-order valence-electron chi connectivity index (χ3n) is 10.7. The van der Waals surface area contributed by atoms with E-state index in [0.717, 1.165) is 33.8 Å². The molecule has 0 bridgehead atoms. The van der Waals surface area contributed by atoms with Crippen LogP contribution >= 0.6 is 12.6 Å². The molecule has 6 aromatic rings. The zero-order valence-electron chi connectivity index (χ0n) is 27.3. The van der Waals surface area contributed by atoms with E-state index in [0.29, 0.717) is 5.69 Å². The fraction of sp³-hybridized carbons (Fsp3) is 0.0870. The van der Waals surface area contributed by atoms with Crippen LogP contribution < -0.4 is 11.1 Å². The van der Waals surface area contributed by atoms with Crippen LogP contribution in [-0.4, -0.2) is 0 Å². The van der Waals surface area contributed by atoms with E-state index in [4.69, 9.17) is 18.4 Å². The summed E-state index contributed by atoms with van der Waals surface area (Å²) in [6, 6.07) is 50.6. The van der Waals surface area contributed by atoms with Gasteiger partial charge in [0.05, 0.1) is 16.8 Å². The number of para-hydroxylation sites is 2. The van der Waals surface area contributed by atoms with Crippen molar-refractivity contribution in [2.75, 3.05) is 11.1 Å². The van der Waals surface area contributed by atoms with Gasteiger partial charge in [0.1, 0.15) is 0 Å². The number of aryl methyl sites for hydroxylation is 1. The van der Waals surface area contributed by atoms with Crippen molar-refractivity contribution in [1.29, 1.82) is 0 Å². The van der Waals surface area contributed by atoms with Crippen LogP contribution in [0.1, 0.15) is 51.3 Å². The lowest BCUT2D eigenvalue weighted by Gasteiger charge is -2.31. The van der Waals surface area contributed by atoms with Crippen LogP contribution in [-0.2, 0) is 5.41 Å². The summed E-state index contributed by atoms with van der Waals surface area (Å²) in [7, 11) is 0. The molecule has 3 heteroatoms. The highest BCUT2D eigenvalue weighted by Gasteiger charge is 2.51. The average molecular weight is 649 g/mol. The molecule has 3 aliphatic rings. The highest BCUT2D eigenvalue weighted by Crippen LogP contribution is 2.63. The molecule has 1 atom stereocenters.